The van der Waals surface area contributed by atoms with Crippen LogP contribution in [0.25, 0.3) is 0 Å². The minimum Gasteiger partial charge on any atom is -0.480 e. The molecule has 1 amide bonds. The maximum absolute atomic E-state index is 12.3. The van der Waals surface area contributed by atoms with Crippen LogP contribution in [0.5, 0.6) is 0 Å². The predicted octanol–water partition coefficient (Wildman–Crippen LogP) is -1.28. The molecule has 1 heterocycles. The Morgan fingerprint density at radius 3 is 2.65 bits per heavy atom. The Kier molecular flexibility index (Phi) is 5.22. The highest BCUT2D eigenvalue weighted by Crippen LogP contribution is 2.14. The zero-order valence-corrected chi connectivity index (χ0v) is 11.9. The van der Waals surface area contributed by atoms with Crippen LogP contribution in [0.3, 0.4) is 0 Å². The minimum absolute atomic E-state index is 0.111. The van der Waals surface area contributed by atoms with E-state index in [9.17, 15) is 18.0 Å². The highest BCUT2D eigenvalue weighted by Gasteiger charge is 2.26. The molecule has 10 heteroatoms. The third-order valence-corrected chi connectivity index (χ3v) is 4.37. The largest absolute Gasteiger partial charge is 0.480 e. The maximum Gasteiger partial charge on any atom is 0.325 e. The summed E-state index contributed by atoms with van der Waals surface area (Å²) in [7, 11) is -2.46. The molecule has 1 aromatic heterocycles. The van der Waals surface area contributed by atoms with Gasteiger partial charge in [0.1, 0.15) is 11.4 Å². The van der Waals surface area contributed by atoms with Crippen LogP contribution in [0.4, 0.5) is 0 Å². The lowest BCUT2D eigenvalue weighted by Gasteiger charge is -2.18. The fourth-order valence-electron chi connectivity index (χ4n) is 1.46. The molecule has 2 N–H and O–H groups in total. The van der Waals surface area contributed by atoms with E-state index in [2.05, 4.69) is 10.4 Å². The van der Waals surface area contributed by atoms with Gasteiger partial charge in [0.05, 0.1) is 12.7 Å². The summed E-state index contributed by atoms with van der Waals surface area (Å²) < 4.78 is 26.5. The number of sulfonamides is 1. The number of rotatable bonds is 7. The van der Waals surface area contributed by atoms with Gasteiger partial charge in [-0.1, -0.05) is 6.92 Å². The molecule has 0 aliphatic heterocycles. The second-order valence-corrected chi connectivity index (χ2v) is 5.81. The normalized spacial score (nSPS) is 11.6. The second-order valence-electron chi connectivity index (χ2n) is 3.87. The molecule has 0 aliphatic carbocycles. The Hall–Kier alpha value is -1.94. The van der Waals surface area contributed by atoms with E-state index < -0.39 is 28.4 Å². The van der Waals surface area contributed by atoms with E-state index in [1.165, 1.54) is 7.05 Å². The number of hydrogen-bond donors (Lipinski definition) is 2. The van der Waals surface area contributed by atoms with Crippen molar-refractivity contribution >= 4 is 21.9 Å². The van der Waals surface area contributed by atoms with E-state index >= 15 is 0 Å². The van der Waals surface area contributed by atoms with Gasteiger partial charge in [-0.2, -0.15) is 9.40 Å². The van der Waals surface area contributed by atoms with E-state index in [4.69, 9.17) is 5.11 Å². The van der Waals surface area contributed by atoms with Gasteiger partial charge in [-0.15, -0.1) is 0 Å². The fourth-order valence-corrected chi connectivity index (χ4v) is 2.82. The number of amides is 1. The SMILES string of the molecule is CCN(CC(=O)NC)S(=O)(=O)c1cnn(CC(=O)O)c1. The lowest BCUT2D eigenvalue weighted by atomic mass is 10.5. The van der Waals surface area contributed by atoms with Crippen molar-refractivity contribution in [1.82, 2.24) is 19.4 Å². The molecule has 0 aromatic carbocycles. The smallest absolute Gasteiger partial charge is 0.325 e. The van der Waals surface area contributed by atoms with Crippen molar-refractivity contribution in [2.75, 3.05) is 20.1 Å². The Bertz CT molecular complexity index is 595. The summed E-state index contributed by atoms with van der Waals surface area (Å²) in [6, 6.07) is 0. The Morgan fingerprint density at radius 1 is 1.50 bits per heavy atom. The molecule has 112 valence electrons. The Balaban J connectivity index is 2.98. The molecule has 0 spiro atoms. The standard InChI is InChI=1S/C10H16N4O5S/c1-3-14(6-9(15)11-2)20(18,19)8-4-12-13(5-8)7-10(16)17/h4-5H,3,6-7H2,1-2H3,(H,11,15)(H,16,17). The molecule has 0 aliphatic rings. The second kappa shape index (κ2) is 6.48. The van der Waals surface area contributed by atoms with Gasteiger partial charge >= 0.3 is 5.97 Å². The first-order valence-electron chi connectivity index (χ1n) is 5.76. The first-order chi connectivity index (χ1) is 9.31. The molecule has 0 saturated carbocycles. The van der Waals surface area contributed by atoms with Crippen molar-refractivity contribution in [2.45, 2.75) is 18.4 Å². The number of aromatic nitrogens is 2. The molecule has 9 nitrogen and oxygen atoms in total. The third kappa shape index (κ3) is 3.78. The van der Waals surface area contributed by atoms with E-state index in [1.54, 1.807) is 6.92 Å². The predicted molar refractivity (Wildman–Crippen MR) is 68.4 cm³/mol. The summed E-state index contributed by atoms with van der Waals surface area (Å²) >= 11 is 0. The fraction of sp³-hybridized carbons (Fsp3) is 0.500. The molecule has 0 fully saturated rings. The number of carbonyl (C=O) groups is 2. The van der Waals surface area contributed by atoms with Gasteiger partial charge in [0, 0.05) is 19.8 Å². The van der Waals surface area contributed by atoms with Crippen LogP contribution in [-0.4, -0.2) is 59.6 Å². The number of nitrogens with zero attached hydrogens (tertiary/aromatic N) is 3. The molecule has 20 heavy (non-hydrogen) atoms. The van der Waals surface area contributed by atoms with Crippen LogP contribution in [0.15, 0.2) is 17.3 Å². The minimum atomic E-state index is -3.88. The van der Waals surface area contributed by atoms with Gasteiger partial charge in [-0.3, -0.25) is 14.3 Å². The Morgan fingerprint density at radius 2 is 2.15 bits per heavy atom. The highest BCUT2D eigenvalue weighted by molar-refractivity contribution is 7.89. The Labute approximate surface area is 116 Å². The van der Waals surface area contributed by atoms with Crippen LogP contribution in [0, 0.1) is 0 Å². The molecule has 1 rings (SSSR count). The van der Waals surface area contributed by atoms with E-state index in [0.717, 1.165) is 21.4 Å². The quantitative estimate of drug-likeness (QED) is 0.647. The number of likely N-dealkylation sites (N-methyl/N-ethyl adjacent to an activating group) is 2. The van der Waals surface area contributed by atoms with Gasteiger partial charge in [0.25, 0.3) is 0 Å². The summed E-state index contributed by atoms with van der Waals surface area (Å²) in [5.41, 5.74) is 0. The number of carboxylic acid groups (broad SMARTS) is 1. The lowest BCUT2D eigenvalue weighted by molar-refractivity contribution is -0.137. The monoisotopic (exact) mass is 304 g/mol. The van der Waals surface area contributed by atoms with Crippen molar-refractivity contribution in [1.29, 1.82) is 0 Å². The first-order valence-corrected chi connectivity index (χ1v) is 7.20. The summed E-state index contributed by atoms with van der Waals surface area (Å²) in [4.78, 5) is 21.7. The average molecular weight is 304 g/mol. The summed E-state index contributed by atoms with van der Waals surface area (Å²) in [5.74, 6) is -1.57. The summed E-state index contributed by atoms with van der Waals surface area (Å²) in [5, 5.41) is 14.6. The van der Waals surface area contributed by atoms with E-state index in [1.807, 2.05) is 0 Å². The topological polar surface area (TPSA) is 122 Å². The molecule has 0 saturated heterocycles. The zero-order valence-electron chi connectivity index (χ0n) is 11.1. The number of hydrogen-bond acceptors (Lipinski definition) is 5. The number of carbonyl (C=O) groups excluding carboxylic acids is 1. The van der Waals surface area contributed by atoms with Gasteiger partial charge < -0.3 is 10.4 Å². The number of aliphatic carboxylic acids is 1. The molecule has 1 aromatic rings. The van der Waals surface area contributed by atoms with Crippen molar-refractivity contribution in [3.05, 3.63) is 12.4 Å². The van der Waals surface area contributed by atoms with Crippen molar-refractivity contribution in [3.63, 3.8) is 0 Å². The molecule has 0 bridgehead atoms. The average Bonchev–Trinajstić information content (AvgIpc) is 2.83. The van der Waals surface area contributed by atoms with Crippen LogP contribution < -0.4 is 5.32 Å². The van der Waals surface area contributed by atoms with Crippen LogP contribution in [-0.2, 0) is 26.2 Å². The maximum atomic E-state index is 12.3. The molecular weight excluding hydrogens is 288 g/mol. The third-order valence-electron chi connectivity index (χ3n) is 2.50. The summed E-state index contributed by atoms with van der Waals surface area (Å²) in [6.07, 6.45) is 2.18. The summed E-state index contributed by atoms with van der Waals surface area (Å²) in [6.45, 7) is 0.971. The van der Waals surface area contributed by atoms with Crippen LogP contribution >= 0.6 is 0 Å². The molecular formula is C10H16N4O5S. The van der Waals surface area contributed by atoms with E-state index in [-0.39, 0.29) is 18.0 Å². The van der Waals surface area contributed by atoms with Gasteiger partial charge in [-0.25, -0.2) is 8.42 Å². The molecule has 0 radical (unpaired) electrons. The number of carboxylic acids is 1. The van der Waals surface area contributed by atoms with Gasteiger partial charge in [0.2, 0.25) is 15.9 Å². The van der Waals surface area contributed by atoms with Gasteiger partial charge in [-0.05, 0) is 0 Å². The van der Waals surface area contributed by atoms with E-state index in [0.29, 0.717) is 0 Å². The van der Waals surface area contributed by atoms with Crippen LogP contribution in [0.2, 0.25) is 0 Å². The van der Waals surface area contributed by atoms with Crippen molar-refractivity contribution in [3.8, 4) is 0 Å². The zero-order chi connectivity index (χ0) is 15.3. The number of nitrogens with one attached hydrogen (secondary N) is 1. The van der Waals surface area contributed by atoms with Crippen molar-refractivity contribution < 1.29 is 23.1 Å². The van der Waals surface area contributed by atoms with Gasteiger partial charge in [0.15, 0.2) is 0 Å². The van der Waals surface area contributed by atoms with Crippen LogP contribution in [0.1, 0.15) is 6.92 Å². The highest BCUT2D eigenvalue weighted by atomic mass is 32.2. The first kappa shape index (κ1) is 16.1. The van der Waals surface area contributed by atoms with Crippen molar-refractivity contribution in [2.24, 2.45) is 0 Å². The molecule has 0 atom stereocenters. The lowest BCUT2D eigenvalue weighted by Crippen LogP contribution is -2.39. The molecule has 0 unspecified atom stereocenters.